The van der Waals surface area contributed by atoms with Gasteiger partial charge in [0.2, 0.25) is 0 Å². The first-order valence-corrected chi connectivity index (χ1v) is 26.1. The average molecular weight is 976 g/mol. The molecule has 76 heavy (non-hydrogen) atoms. The molecule has 0 amide bonds. The molecule has 15 rings (SSSR count). The van der Waals surface area contributed by atoms with E-state index in [1.54, 1.807) is 0 Å². The van der Waals surface area contributed by atoms with Crippen molar-refractivity contribution in [3.05, 3.63) is 241 Å². The maximum atomic E-state index is 6.34. The number of furan rings is 1. The van der Waals surface area contributed by atoms with E-state index in [4.69, 9.17) is 19.4 Å². The van der Waals surface area contributed by atoms with Crippen LogP contribution in [0.4, 0.5) is 0 Å². The highest BCUT2D eigenvalue weighted by Gasteiger charge is 2.35. The molecular weight excluding hydrogens is 927 g/mol. The summed E-state index contributed by atoms with van der Waals surface area (Å²) in [6.07, 6.45) is 2.05. The summed E-state index contributed by atoms with van der Waals surface area (Å²) in [5, 5.41) is 6.94. The number of rotatable bonds is 7. The van der Waals surface area contributed by atoms with Crippen LogP contribution in [-0.2, 0) is 5.41 Å². The summed E-state index contributed by atoms with van der Waals surface area (Å²) in [6.45, 7) is 8.75. The smallest absolute Gasteiger partial charge is 0.164 e. The lowest BCUT2D eigenvalue weighted by Gasteiger charge is -2.21. The first-order chi connectivity index (χ1) is 37.3. The van der Waals surface area contributed by atoms with Crippen molar-refractivity contribution in [2.45, 2.75) is 33.1 Å². The Hall–Kier alpha value is -9.65. The number of fused-ring (bicyclic) bond motifs is 12. The predicted molar refractivity (Wildman–Crippen MR) is 314 cm³/mol. The van der Waals surface area contributed by atoms with Crippen LogP contribution in [0, 0.1) is 0 Å². The van der Waals surface area contributed by atoms with Gasteiger partial charge >= 0.3 is 0 Å². The predicted octanol–water partition coefficient (Wildman–Crippen LogP) is 18.4. The van der Waals surface area contributed by atoms with Crippen molar-refractivity contribution in [3.8, 4) is 67.5 Å². The Kier molecular flexibility index (Phi) is 9.64. The molecule has 0 bridgehead atoms. The van der Waals surface area contributed by atoms with Crippen molar-refractivity contribution in [3.63, 3.8) is 0 Å². The molecular formula is C70H49N5O. The van der Waals surface area contributed by atoms with E-state index in [0.29, 0.717) is 17.5 Å². The van der Waals surface area contributed by atoms with E-state index in [2.05, 4.69) is 217 Å². The van der Waals surface area contributed by atoms with E-state index in [0.717, 1.165) is 82.9 Å². The van der Waals surface area contributed by atoms with Gasteiger partial charge in [0.1, 0.15) is 11.2 Å². The molecule has 360 valence electrons. The third kappa shape index (κ3) is 6.63. The largest absolute Gasteiger partial charge is 0.456 e. The molecule has 10 aromatic carbocycles. The molecule has 1 aliphatic rings. The van der Waals surface area contributed by atoms with Gasteiger partial charge < -0.3 is 13.6 Å². The molecule has 6 heteroatoms. The van der Waals surface area contributed by atoms with Crippen LogP contribution in [0.3, 0.4) is 0 Å². The molecule has 4 heterocycles. The van der Waals surface area contributed by atoms with E-state index < -0.39 is 0 Å². The third-order valence-corrected chi connectivity index (χ3v) is 16.1. The number of benzene rings is 10. The van der Waals surface area contributed by atoms with Crippen LogP contribution in [0.1, 0.15) is 44.6 Å². The van der Waals surface area contributed by atoms with Gasteiger partial charge in [-0.15, -0.1) is 0 Å². The highest BCUT2D eigenvalue weighted by molar-refractivity contribution is 6.15. The van der Waals surface area contributed by atoms with E-state index >= 15 is 0 Å². The van der Waals surface area contributed by atoms with Crippen LogP contribution in [0.25, 0.3) is 139 Å². The third-order valence-electron chi connectivity index (χ3n) is 16.1. The lowest BCUT2D eigenvalue weighted by atomic mass is 9.82. The molecule has 0 N–H and O–H groups in total. The second kappa shape index (κ2) is 16.7. The minimum Gasteiger partial charge on any atom is -0.456 e. The second-order valence-corrected chi connectivity index (χ2v) is 20.8. The van der Waals surface area contributed by atoms with Gasteiger partial charge in [0.15, 0.2) is 17.5 Å². The molecule has 0 unspecified atom stereocenters. The fourth-order valence-corrected chi connectivity index (χ4v) is 12.3. The number of aromatic nitrogens is 5. The SMILES string of the molecule is C/C=C(\C)c1nc(-c2cccc(-n3c4ccc(-n5c6ccccc6c6ccccc65)cc4c4cccc(-c5cccc(-c6ccc7c(c6)-c6ccccc6C7(C)C)c5)c43)c2)nc(-c2ccc3c(c2)oc2ccccc23)n1. The molecule has 14 aromatic rings. The van der Waals surface area contributed by atoms with Crippen LogP contribution in [0.15, 0.2) is 229 Å². The Morgan fingerprint density at radius 1 is 0.408 bits per heavy atom. The minimum absolute atomic E-state index is 0.0567. The fourth-order valence-electron chi connectivity index (χ4n) is 12.3. The van der Waals surface area contributed by atoms with Crippen LogP contribution < -0.4 is 0 Å². The van der Waals surface area contributed by atoms with Crippen molar-refractivity contribution >= 4 is 71.1 Å². The van der Waals surface area contributed by atoms with E-state index in [1.165, 1.54) is 55.2 Å². The van der Waals surface area contributed by atoms with Crippen molar-refractivity contribution < 1.29 is 4.42 Å². The van der Waals surface area contributed by atoms with E-state index in [-0.39, 0.29) is 5.41 Å². The van der Waals surface area contributed by atoms with Crippen LogP contribution in [0.2, 0.25) is 0 Å². The van der Waals surface area contributed by atoms with Crippen molar-refractivity contribution in [1.29, 1.82) is 0 Å². The summed E-state index contributed by atoms with van der Waals surface area (Å²) in [6, 6.07) is 79.2. The normalized spacial score (nSPS) is 13.2. The molecule has 0 radical (unpaired) electrons. The first kappa shape index (κ1) is 43.9. The van der Waals surface area contributed by atoms with Crippen LogP contribution >= 0.6 is 0 Å². The number of hydrogen-bond donors (Lipinski definition) is 0. The summed E-state index contributed by atoms with van der Waals surface area (Å²) in [5.41, 5.74) is 21.0. The molecule has 0 saturated heterocycles. The minimum atomic E-state index is -0.0567. The Balaban J connectivity index is 0.928. The van der Waals surface area contributed by atoms with Gasteiger partial charge in [-0.1, -0.05) is 166 Å². The summed E-state index contributed by atoms with van der Waals surface area (Å²) < 4.78 is 11.2. The van der Waals surface area contributed by atoms with Crippen LogP contribution in [-0.4, -0.2) is 24.1 Å². The second-order valence-electron chi connectivity index (χ2n) is 20.8. The Labute approximate surface area is 439 Å². The summed E-state index contributed by atoms with van der Waals surface area (Å²) in [7, 11) is 0. The molecule has 4 aromatic heterocycles. The Bertz CT molecular complexity index is 4720. The van der Waals surface area contributed by atoms with Gasteiger partial charge in [0, 0.05) is 65.8 Å². The summed E-state index contributed by atoms with van der Waals surface area (Å²) >= 11 is 0. The van der Waals surface area contributed by atoms with Gasteiger partial charge in [-0.05, 0) is 131 Å². The van der Waals surface area contributed by atoms with E-state index in [9.17, 15) is 0 Å². The zero-order valence-corrected chi connectivity index (χ0v) is 42.5. The first-order valence-electron chi connectivity index (χ1n) is 26.1. The maximum absolute atomic E-state index is 6.34. The Morgan fingerprint density at radius 2 is 1.00 bits per heavy atom. The molecule has 0 spiro atoms. The summed E-state index contributed by atoms with van der Waals surface area (Å²) in [5.74, 6) is 1.81. The lowest BCUT2D eigenvalue weighted by Crippen LogP contribution is -2.14. The zero-order chi connectivity index (χ0) is 50.8. The molecule has 6 nitrogen and oxygen atoms in total. The lowest BCUT2D eigenvalue weighted by molar-refractivity contribution is 0.660. The maximum Gasteiger partial charge on any atom is 0.164 e. The monoisotopic (exact) mass is 975 g/mol. The quantitative estimate of drug-likeness (QED) is 0.160. The fraction of sp³-hybridized carbons (Fsp3) is 0.0714. The van der Waals surface area contributed by atoms with Crippen molar-refractivity contribution in [1.82, 2.24) is 24.1 Å². The molecule has 0 fully saturated rings. The molecule has 1 aliphatic carbocycles. The number of nitrogens with zero attached hydrogens (tertiary/aromatic N) is 5. The summed E-state index contributed by atoms with van der Waals surface area (Å²) in [4.78, 5) is 15.4. The number of para-hydroxylation sites is 4. The van der Waals surface area contributed by atoms with Crippen molar-refractivity contribution in [2.24, 2.45) is 0 Å². The molecule has 0 aliphatic heterocycles. The van der Waals surface area contributed by atoms with Gasteiger partial charge in [-0.3, -0.25) is 0 Å². The topological polar surface area (TPSA) is 61.7 Å². The van der Waals surface area contributed by atoms with Gasteiger partial charge in [0.05, 0.1) is 22.1 Å². The Morgan fingerprint density at radius 3 is 1.82 bits per heavy atom. The van der Waals surface area contributed by atoms with Gasteiger partial charge in [-0.2, -0.15) is 0 Å². The van der Waals surface area contributed by atoms with Gasteiger partial charge in [-0.25, -0.2) is 15.0 Å². The highest BCUT2D eigenvalue weighted by atomic mass is 16.3. The molecule has 0 saturated carbocycles. The zero-order valence-electron chi connectivity index (χ0n) is 42.5. The highest BCUT2D eigenvalue weighted by Crippen LogP contribution is 2.50. The average Bonchev–Trinajstić information content (AvgIpc) is 4.19. The van der Waals surface area contributed by atoms with Crippen molar-refractivity contribution in [2.75, 3.05) is 0 Å². The standard InChI is InChI=1S/C70H49N5O/c1-5-42(2)67-71-68(73-69(72-67)47-31-34-55-54-24-9-13-30-64(54)76-65(55)40-47)46-19-15-20-48(38-46)75-63-36-33-49(74-61-28-11-7-22-52(61)53-23-8-12-29-62(53)74)41-58(63)56-26-16-25-50(66(56)75)45-18-14-17-43(37-45)44-32-35-60-57(39-44)51-21-6-10-27-59(51)70(60,3)4/h5-41H,1-4H3/b42-5+. The van der Waals surface area contributed by atoms with Gasteiger partial charge in [0.25, 0.3) is 0 Å². The van der Waals surface area contributed by atoms with E-state index in [1.807, 2.05) is 44.2 Å². The number of hydrogen-bond acceptors (Lipinski definition) is 4. The molecule has 0 atom stereocenters. The van der Waals surface area contributed by atoms with Crippen LogP contribution in [0.5, 0.6) is 0 Å². The number of allylic oxidation sites excluding steroid dienone is 2.